The minimum Gasteiger partial charge on any atom is -0.497 e. The quantitative estimate of drug-likeness (QED) is 0.724. The lowest BCUT2D eigenvalue weighted by Crippen LogP contribution is -2.30. The van der Waals surface area contributed by atoms with Gasteiger partial charge in [0.15, 0.2) is 5.65 Å². The third kappa shape index (κ3) is 2.82. The summed E-state index contributed by atoms with van der Waals surface area (Å²) in [4.78, 5) is 23.2. The van der Waals surface area contributed by atoms with Gasteiger partial charge in [-0.2, -0.15) is 0 Å². The van der Waals surface area contributed by atoms with Gasteiger partial charge in [-0.25, -0.2) is 4.98 Å². The van der Waals surface area contributed by atoms with Crippen molar-refractivity contribution in [2.24, 2.45) is 0 Å². The molecular weight excluding hydrogens is 304 g/mol. The number of nitrogens with zero attached hydrogens (tertiary/aromatic N) is 4. The summed E-state index contributed by atoms with van der Waals surface area (Å²) in [6.45, 7) is 5.24. The predicted molar refractivity (Wildman–Crippen MR) is 92.2 cm³/mol. The van der Waals surface area contributed by atoms with Crippen molar-refractivity contribution >= 4 is 11.6 Å². The molecule has 0 aliphatic carbocycles. The van der Waals surface area contributed by atoms with Crippen molar-refractivity contribution in [3.63, 3.8) is 0 Å². The maximum absolute atomic E-state index is 12.5. The molecule has 0 unspecified atom stereocenters. The summed E-state index contributed by atoms with van der Waals surface area (Å²) in [5, 5.41) is 0. The molecule has 0 saturated heterocycles. The number of aromatic nitrogens is 3. The summed E-state index contributed by atoms with van der Waals surface area (Å²) in [6.07, 6.45) is 5.26. The first-order chi connectivity index (χ1) is 11.7. The molecule has 0 atom stereocenters. The summed E-state index contributed by atoms with van der Waals surface area (Å²) in [5.41, 5.74) is 2.76. The van der Waals surface area contributed by atoms with Crippen molar-refractivity contribution in [2.75, 3.05) is 20.2 Å². The van der Waals surface area contributed by atoms with Crippen LogP contribution in [0.3, 0.4) is 0 Å². The Kier molecular flexibility index (Phi) is 4.46. The van der Waals surface area contributed by atoms with E-state index in [9.17, 15) is 4.79 Å². The van der Waals surface area contributed by atoms with Gasteiger partial charge >= 0.3 is 0 Å². The Bertz CT molecular complexity index is 851. The zero-order chi connectivity index (χ0) is 17.1. The molecule has 1 aromatic carbocycles. The molecule has 2 heterocycles. The largest absolute Gasteiger partial charge is 0.497 e. The fourth-order valence-corrected chi connectivity index (χ4v) is 2.65. The summed E-state index contributed by atoms with van der Waals surface area (Å²) >= 11 is 0. The first-order valence-corrected chi connectivity index (χ1v) is 7.95. The Labute approximate surface area is 140 Å². The molecule has 3 aromatic rings. The number of carbonyl (C=O) groups excluding carboxylic acids is 1. The Morgan fingerprint density at radius 1 is 1.21 bits per heavy atom. The van der Waals surface area contributed by atoms with E-state index in [0.29, 0.717) is 24.4 Å². The molecule has 0 spiro atoms. The van der Waals surface area contributed by atoms with Gasteiger partial charge < -0.3 is 14.0 Å². The van der Waals surface area contributed by atoms with E-state index in [0.717, 1.165) is 17.0 Å². The second kappa shape index (κ2) is 6.70. The number of rotatable bonds is 5. The molecule has 24 heavy (non-hydrogen) atoms. The number of benzene rings is 1. The number of hydrogen-bond donors (Lipinski definition) is 0. The maximum atomic E-state index is 12.5. The Balaban J connectivity index is 2.05. The van der Waals surface area contributed by atoms with E-state index in [4.69, 9.17) is 4.74 Å². The molecule has 6 heteroatoms. The van der Waals surface area contributed by atoms with Crippen molar-refractivity contribution in [1.82, 2.24) is 19.3 Å². The highest BCUT2D eigenvalue weighted by Gasteiger charge is 2.18. The van der Waals surface area contributed by atoms with Gasteiger partial charge in [-0.05, 0) is 38.1 Å². The first-order valence-electron chi connectivity index (χ1n) is 7.95. The van der Waals surface area contributed by atoms with Crippen molar-refractivity contribution in [3.8, 4) is 17.0 Å². The fourth-order valence-electron chi connectivity index (χ4n) is 2.65. The van der Waals surface area contributed by atoms with Gasteiger partial charge in [0, 0.05) is 37.2 Å². The van der Waals surface area contributed by atoms with Crippen LogP contribution in [0.5, 0.6) is 5.75 Å². The number of fused-ring (bicyclic) bond motifs is 1. The molecule has 124 valence electrons. The van der Waals surface area contributed by atoms with Gasteiger partial charge in [0.05, 0.1) is 7.11 Å². The molecule has 1 amide bonds. The third-order valence-corrected chi connectivity index (χ3v) is 4.01. The molecule has 0 N–H and O–H groups in total. The molecule has 0 fully saturated rings. The third-order valence-electron chi connectivity index (χ3n) is 4.01. The highest BCUT2D eigenvalue weighted by molar-refractivity contribution is 5.93. The van der Waals surface area contributed by atoms with Crippen molar-refractivity contribution in [2.45, 2.75) is 13.8 Å². The molecule has 3 rings (SSSR count). The molecule has 6 nitrogen and oxygen atoms in total. The second-order valence-electron chi connectivity index (χ2n) is 5.34. The van der Waals surface area contributed by atoms with Crippen LogP contribution in [0.25, 0.3) is 16.9 Å². The second-order valence-corrected chi connectivity index (χ2v) is 5.34. The summed E-state index contributed by atoms with van der Waals surface area (Å²) < 4.78 is 7.02. The Morgan fingerprint density at radius 2 is 1.92 bits per heavy atom. The molecule has 0 saturated carbocycles. The minimum absolute atomic E-state index is 0.0654. The minimum atomic E-state index is -0.0654. The molecule has 0 aliphatic heterocycles. The van der Waals surface area contributed by atoms with E-state index in [1.165, 1.54) is 0 Å². The zero-order valence-electron chi connectivity index (χ0n) is 14.1. The number of carbonyl (C=O) groups is 1. The van der Waals surface area contributed by atoms with Crippen LogP contribution in [0, 0.1) is 0 Å². The SMILES string of the molecule is CCN(CC)C(=O)c1cn2ccnc(-c3ccc(OC)cc3)c2n1. The van der Waals surface area contributed by atoms with Gasteiger partial charge in [-0.1, -0.05) is 0 Å². The number of methoxy groups -OCH3 is 1. The predicted octanol–water partition coefficient (Wildman–Crippen LogP) is 2.89. The zero-order valence-corrected chi connectivity index (χ0v) is 14.1. The van der Waals surface area contributed by atoms with Crippen LogP contribution in [-0.2, 0) is 0 Å². The Hall–Kier alpha value is -2.89. The lowest BCUT2D eigenvalue weighted by Gasteiger charge is -2.16. The van der Waals surface area contributed by atoms with Crippen molar-refractivity contribution < 1.29 is 9.53 Å². The Morgan fingerprint density at radius 3 is 2.54 bits per heavy atom. The monoisotopic (exact) mass is 324 g/mol. The highest BCUT2D eigenvalue weighted by atomic mass is 16.5. The molecule has 0 aliphatic rings. The van der Waals surface area contributed by atoms with Crippen LogP contribution in [0.15, 0.2) is 42.9 Å². The smallest absolute Gasteiger partial charge is 0.274 e. The number of hydrogen-bond acceptors (Lipinski definition) is 4. The fraction of sp³-hybridized carbons (Fsp3) is 0.278. The van der Waals surface area contributed by atoms with E-state index in [1.807, 2.05) is 42.5 Å². The standard InChI is InChI=1S/C18H20N4O2/c1-4-21(5-2)18(23)15-12-22-11-10-19-16(17(22)20-15)13-6-8-14(24-3)9-7-13/h6-12H,4-5H2,1-3H3. The lowest BCUT2D eigenvalue weighted by atomic mass is 10.1. The highest BCUT2D eigenvalue weighted by Crippen LogP contribution is 2.24. The summed E-state index contributed by atoms with van der Waals surface area (Å²) in [5.74, 6) is 0.718. The average Bonchev–Trinajstić information content (AvgIpc) is 3.07. The van der Waals surface area contributed by atoms with Gasteiger partial charge in [0.25, 0.3) is 5.91 Å². The normalized spacial score (nSPS) is 10.8. The maximum Gasteiger partial charge on any atom is 0.274 e. The first kappa shape index (κ1) is 16.0. The van der Waals surface area contributed by atoms with Crippen LogP contribution < -0.4 is 4.74 Å². The average molecular weight is 324 g/mol. The number of ether oxygens (including phenoxy) is 1. The summed E-state index contributed by atoms with van der Waals surface area (Å²) in [7, 11) is 1.63. The van der Waals surface area contributed by atoms with Crippen LogP contribution in [0.4, 0.5) is 0 Å². The van der Waals surface area contributed by atoms with Crippen LogP contribution >= 0.6 is 0 Å². The molecule has 0 bridgehead atoms. The topological polar surface area (TPSA) is 59.7 Å². The van der Waals surface area contributed by atoms with Crippen LogP contribution in [-0.4, -0.2) is 45.4 Å². The van der Waals surface area contributed by atoms with Crippen molar-refractivity contribution in [1.29, 1.82) is 0 Å². The van der Waals surface area contributed by atoms with Gasteiger partial charge in [0.2, 0.25) is 0 Å². The van der Waals surface area contributed by atoms with Crippen LogP contribution in [0.1, 0.15) is 24.3 Å². The number of imidazole rings is 1. The van der Waals surface area contributed by atoms with Gasteiger partial charge in [0.1, 0.15) is 17.1 Å². The van der Waals surface area contributed by atoms with Crippen molar-refractivity contribution in [3.05, 3.63) is 48.5 Å². The summed E-state index contributed by atoms with van der Waals surface area (Å²) in [6, 6.07) is 7.63. The van der Waals surface area contributed by atoms with E-state index in [1.54, 1.807) is 30.6 Å². The van der Waals surface area contributed by atoms with E-state index >= 15 is 0 Å². The molecular formula is C18H20N4O2. The number of amides is 1. The van der Waals surface area contributed by atoms with Crippen LogP contribution in [0.2, 0.25) is 0 Å². The van der Waals surface area contributed by atoms with Gasteiger partial charge in [-0.3, -0.25) is 9.78 Å². The molecule has 0 radical (unpaired) electrons. The van der Waals surface area contributed by atoms with E-state index in [2.05, 4.69) is 9.97 Å². The van der Waals surface area contributed by atoms with E-state index < -0.39 is 0 Å². The lowest BCUT2D eigenvalue weighted by molar-refractivity contribution is 0.0768. The molecule has 2 aromatic heterocycles. The van der Waals surface area contributed by atoms with Gasteiger partial charge in [-0.15, -0.1) is 0 Å². The van der Waals surface area contributed by atoms with E-state index in [-0.39, 0.29) is 5.91 Å².